The molecule has 1 amide bonds. The van der Waals surface area contributed by atoms with Gasteiger partial charge in [-0.3, -0.25) is 4.79 Å². The van der Waals surface area contributed by atoms with Gasteiger partial charge in [0, 0.05) is 17.2 Å². The molecule has 1 aromatic carbocycles. The van der Waals surface area contributed by atoms with Gasteiger partial charge in [-0.1, -0.05) is 37.8 Å². The van der Waals surface area contributed by atoms with Crippen LogP contribution in [-0.2, 0) is 4.79 Å². The molecule has 1 atom stereocenters. The standard InChI is InChI=1S/C17H17NOS/c1-3-13(2)17(19)18-15-7-4-6-14(12-15)9-10-16-8-5-11-20-16/h4-8,11-13H,3H2,1-2H3,(H,18,19). The molecule has 0 bridgehead atoms. The quantitative estimate of drug-likeness (QED) is 0.843. The minimum absolute atomic E-state index is 0.0239. The summed E-state index contributed by atoms with van der Waals surface area (Å²) in [6, 6.07) is 11.6. The first-order valence-corrected chi connectivity index (χ1v) is 7.53. The Morgan fingerprint density at radius 3 is 2.85 bits per heavy atom. The van der Waals surface area contributed by atoms with Crippen LogP contribution in [0.25, 0.3) is 0 Å². The first kappa shape index (κ1) is 14.4. The molecule has 0 aliphatic heterocycles. The molecule has 20 heavy (non-hydrogen) atoms. The monoisotopic (exact) mass is 283 g/mol. The summed E-state index contributed by atoms with van der Waals surface area (Å²) >= 11 is 1.62. The van der Waals surface area contributed by atoms with E-state index in [0.29, 0.717) is 0 Å². The highest BCUT2D eigenvalue weighted by Crippen LogP contribution is 2.13. The van der Waals surface area contributed by atoms with E-state index in [1.54, 1.807) is 11.3 Å². The lowest BCUT2D eigenvalue weighted by molar-refractivity contribution is -0.119. The van der Waals surface area contributed by atoms with Crippen molar-refractivity contribution in [2.45, 2.75) is 20.3 Å². The fourth-order valence-corrected chi connectivity index (χ4v) is 2.18. The van der Waals surface area contributed by atoms with Crippen molar-refractivity contribution in [2.75, 3.05) is 5.32 Å². The highest BCUT2D eigenvalue weighted by Gasteiger charge is 2.10. The molecule has 0 fully saturated rings. The molecule has 2 aromatic rings. The molecule has 0 aliphatic carbocycles. The highest BCUT2D eigenvalue weighted by atomic mass is 32.1. The SMILES string of the molecule is CCC(C)C(=O)Nc1cccc(C#Cc2cccs2)c1. The number of carbonyl (C=O) groups is 1. The van der Waals surface area contributed by atoms with E-state index in [9.17, 15) is 4.79 Å². The van der Waals surface area contributed by atoms with E-state index in [2.05, 4.69) is 17.2 Å². The van der Waals surface area contributed by atoms with Crippen molar-refractivity contribution in [1.82, 2.24) is 0 Å². The van der Waals surface area contributed by atoms with Gasteiger partial charge in [-0.15, -0.1) is 11.3 Å². The maximum Gasteiger partial charge on any atom is 0.227 e. The fraction of sp³-hybridized carbons (Fsp3) is 0.235. The Hall–Kier alpha value is -2.05. The van der Waals surface area contributed by atoms with Gasteiger partial charge in [-0.05, 0) is 36.1 Å². The van der Waals surface area contributed by atoms with Gasteiger partial charge in [0.2, 0.25) is 5.91 Å². The van der Waals surface area contributed by atoms with Crippen molar-refractivity contribution < 1.29 is 4.79 Å². The molecule has 3 heteroatoms. The zero-order chi connectivity index (χ0) is 14.4. The molecule has 1 unspecified atom stereocenters. The van der Waals surface area contributed by atoms with Gasteiger partial charge < -0.3 is 5.32 Å². The third-order valence-corrected chi connectivity index (χ3v) is 3.83. The number of rotatable bonds is 3. The lowest BCUT2D eigenvalue weighted by Crippen LogP contribution is -2.19. The predicted octanol–water partition coefficient (Wildman–Crippen LogP) is 4.13. The first-order chi connectivity index (χ1) is 9.69. The minimum Gasteiger partial charge on any atom is -0.326 e. The van der Waals surface area contributed by atoms with E-state index in [4.69, 9.17) is 0 Å². The maximum absolute atomic E-state index is 11.9. The number of benzene rings is 1. The zero-order valence-electron chi connectivity index (χ0n) is 11.6. The number of hydrogen-bond acceptors (Lipinski definition) is 2. The number of carbonyl (C=O) groups excluding carboxylic acids is 1. The molecule has 0 saturated heterocycles. The second-order valence-corrected chi connectivity index (χ2v) is 5.55. The second kappa shape index (κ2) is 6.93. The van der Waals surface area contributed by atoms with Crippen LogP contribution in [0.15, 0.2) is 41.8 Å². The lowest BCUT2D eigenvalue weighted by atomic mass is 10.1. The van der Waals surface area contributed by atoms with Crippen molar-refractivity contribution in [3.63, 3.8) is 0 Å². The van der Waals surface area contributed by atoms with Crippen LogP contribution in [0.3, 0.4) is 0 Å². The summed E-state index contributed by atoms with van der Waals surface area (Å²) in [6.45, 7) is 3.93. The summed E-state index contributed by atoms with van der Waals surface area (Å²) in [5.74, 6) is 6.30. The number of thiophene rings is 1. The van der Waals surface area contributed by atoms with Gasteiger partial charge in [0.1, 0.15) is 0 Å². The number of anilines is 1. The first-order valence-electron chi connectivity index (χ1n) is 6.65. The summed E-state index contributed by atoms with van der Waals surface area (Å²) < 4.78 is 0. The molecular formula is C17H17NOS. The summed E-state index contributed by atoms with van der Waals surface area (Å²) in [7, 11) is 0. The smallest absolute Gasteiger partial charge is 0.227 e. The molecule has 102 valence electrons. The molecule has 1 heterocycles. The van der Waals surface area contributed by atoms with E-state index in [1.165, 1.54) is 0 Å². The van der Waals surface area contributed by atoms with Crippen LogP contribution in [0.4, 0.5) is 5.69 Å². The van der Waals surface area contributed by atoms with Crippen LogP contribution in [-0.4, -0.2) is 5.91 Å². The Kier molecular flexibility index (Phi) is 4.97. The van der Waals surface area contributed by atoms with Gasteiger partial charge in [-0.25, -0.2) is 0 Å². The van der Waals surface area contributed by atoms with Crippen LogP contribution in [0, 0.1) is 17.8 Å². The van der Waals surface area contributed by atoms with Crippen molar-refractivity contribution >= 4 is 22.9 Å². The number of nitrogens with one attached hydrogen (secondary N) is 1. The van der Waals surface area contributed by atoms with Crippen LogP contribution in [0.5, 0.6) is 0 Å². The molecule has 2 nitrogen and oxygen atoms in total. The van der Waals surface area contributed by atoms with Gasteiger partial charge >= 0.3 is 0 Å². The Bertz CT molecular complexity index is 635. The van der Waals surface area contributed by atoms with Gasteiger partial charge in [0.15, 0.2) is 0 Å². The third kappa shape index (κ3) is 3.97. The molecule has 0 saturated carbocycles. The Morgan fingerprint density at radius 1 is 1.30 bits per heavy atom. The van der Waals surface area contributed by atoms with E-state index in [0.717, 1.165) is 22.5 Å². The number of amides is 1. The molecular weight excluding hydrogens is 266 g/mol. The third-order valence-electron chi connectivity index (χ3n) is 3.04. The zero-order valence-corrected chi connectivity index (χ0v) is 12.5. The largest absolute Gasteiger partial charge is 0.326 e. The average molecular weight is 283 g/mol. The van der Waals surface area contributed by atoms with Gasteiger partial charge in [0.05, 0.1) is 4.88 Å². The molecule has 0 spiro atoms. The maximum atomic E-state index is 11.9. The molecule has 2 rings (SSSR count). The molecule has 1 N–H and O–H groups in total. The van der Waals surface area contributed by atoms with Crippen molar-refractivity contribution in [3.8, 4) is 11.8 Å². The second-order valence-electron chi connectivity index (χ2n) is 4.61. The van der Waals surface area contributed by atoms with Crippen molar-refractivity contribution in [3.05, 3.63) is 52.2 Å². The Balaban J connectivity index is 2.10. The van der Waals surface area contributed by atoms with Crippen molar-refractivity contribution in [1.29, 1.82) is 0 Å². The summed E-state index contributed by atoms with van der Waals surface area (Å²) in [5.41, 5.74) is 1.70. The van der Waals surface area contributed by atoms with Gasteiger partial charge in [-0.2, -0.15) is 0 Å². The normalized spacial score (nSPS) is 11.3. The Morgan fingerprint density at radius 2 is 2.15 bits per heavy atom. The predicted molar refractivity (Wildman–Crippen MR) is 84.8 cm³/mol. The molecule has 0 aliphatic rings. The van der Waals surface area contributed by atoms with E-state index in [-0.39, 0.29) is 11.8 Å². The number of hydrogen-bond donors (Lipinski definition) is 1. The van der Waals surface area contributed by atoms with Crippen LogP contribution < -0.4 is 5.32 Å². The lowest BCUT2D eigenvalue weighted by Gasteiger charge is -2.09. The summed E-state index contributed by atoms with van der Waals surface area (Å²) in [6.07, 6.45) is 0.837. The average Bonchev–Trinajstić information content (AvgIpc) is 2.98. The topological polar surface area (TPSA) is 29.1 Å². The summed E-state index contributed by atoms with van der Waals surface area (Å²) in [4.78, 5) is 12.9. The van der Waals surface area contributed by atoms with E-state index in [1.807, 2.05) is 55.6 Å². The Labute approximate surface area is 123 Å². The highest BCUT2D eigenvalue weighted by molar-refractivity contribution is 7.10. The molecule has 1 aromatic heterocycles. The van der Waals surface area contributed by atoms with Crippen LogP contribution >= 0.6 is 11.3 Å². The van der Waals surface area contributed by atoms with Crippen LogP contribution in [0.2, 0.25) is 0 Å². The minimum atomic E-state index is 0.0239. The van der Waals surface area contributed by atoms with Gasteiger partial charge in [0.25, 0.3) is 0 Å². The van der Waals surface area contributed by atoms with Crippen molar-refractivity contribution in [2.24, 2.45) is 5.92 Å². The van der Waals surface area contributed by atoms with E-state index < -0.39 is 0 Å². The van der Waals surface area contributed by atoms with E-state index >= 15 is 0 Å². The summed E-state index contributed by atoms with van der Waals surface area (Å²) in [5, 5.41) is 4.93. The fourth-order valence-electron chi connectivity index (χ4n) is 1.61. The van der Waals surface area contributed by atoms with Crippen LogP contribution in [0.1, 0.15) is 30.7 Å². The molecule has 0 radical (unpaired) electrons.